The number of anilines is 1. The first-order valence-electron chi connectivity index (χ1n) is 7.65. The van der Waals surface area contributed by atoms with Crippen molar-refractivity contribution in [3.05, 3.63) is 28.2 Å². The fourth-order valence-electron chi connectivity index (χ4n) is 2.16. The van der Waals surface area contributed by atoms with Crippen LogP contribution < -0.4 is 10.2 Å². The van der Waals surface area contributed by atoms with Crippen LogP contribution in [0.4, 0.5) is 5.69 Å². The van der Waals surface area contributed by atoms with Crippen molar-refractivity contribution in [2.75, 3.05) is 18.0 Å². The molecule has 0 heterocycles. The van der Waals surface area contributed by atoms with Crippen LogP contribution in [0.25, 0.3) is 0 Å². The molecule has 0 aliphatic rings. The lowest BCUT2D eigenvalue weighted by Gasteiger charge is -2.28. The van der Waals surface area contributed by atoms with Crippen molar-refractivity contribution in [2.24, 2.45) is 0 Å². The van der Waals surface area contributed by atoms with Crippen LogP contribution in [0.15, 0.2) is 22.7 Å². The minimum absolute atomic E-state index is 0.139. The summed E-state index contributed by atoms with van der Waals surface area (Å²) in [5, 5.41) is 3.59. The normalized spacial score (nSPS) is 11.7. The molecule has 0 aromatic heterocycles. The van der Waals surface area contributed by atoms with Gasteiger partial charge in [0.2, 0.25) is 0 Å². The van der Waals surface area contributed by atoms with Crippen molar-refractivity contribution in [2.45, 2.75) is 59.5 Å². The third kappa shape index (κ3) is 5.84. The molecule has 0 saturated carbocycles. The molecule has 1 aromatic rings. The summed E-state index contributed by atoms with van der Waals surface area (Å²) in [5.41, 5.74) is 2.87. The van der Waals surface area contributed by atoms with Gasteiger partial charge < -0.3 is 10.2 Å². The SMILES string of the molecule is CCCCN(CC)c1ccc(Br)cc1CNC(C)(C)C. The Morgan fingerprint density at radius 2 is 1.90 bits per heavy atom. The maximum atomic E-state index is 3.59. The molecular weight excluding hydrogens is 312 g/mol. The number of halogens is 1. The van der Waals surface area contributed by atoms with Gasteiger partial charge in [0, 0.05) is 35.3 Å². The first-order valence-corrected chi connectivity index (χ1v) is 8.45. The predicted octanol–water partition coefficient (Wildman–Crippen LogP) is 4.96. The third-order valence-corrected chi connectivity index (χ3v) is 3.85. The molecule has 0 aliphatic heterocycles. The topological polar surface area (TPSA) is 15.3 Å². The Labute approximate surface area is 133 Å². The van der Waals surface area contributed by atoms with E-state index in [0.29, 0.717) is 0 Å². The van der Waals surface area contributed by atoms with E-state index < -0.39 is 0 Å². The second-order valence-corrected chi connectivity index (χ2v) is 7.23. The van der Waals surface area contributed by atoms with Gasteiger partial charge in [-0.15, -0.1) is 0 Å². The Hall–Kier alpha value is -0.540. The number of rotatable bonds is 7. The molecule has 114 valence electrons. The van der Waals surface area contributed by atoms with Crippen molar-refractivity contribution in [3.8, 4) is 0 Å². The molecule has 2 nitrogen and oxygen atoms in total. The number of hydrogen-bond acceptors (Lipinski definition) is 2. The maximum absolute atomic E-state index is 3.59. The molecule has 0 aliphatic carbocycles. The fraction of sp³-hybridized carbons (Fsp3) is 0.647. The highest BCUT2D eigenvalue weighted by Crippen LogP contribution is 2.25. The maximum Gasteiger partial charge on any atom is 0.0412 e. The van der Waals surface area contributed by atoms with E-state index in [0.717, 1.165) is 24.1 Å². The van der Waals surface area contributed by atoms with Crippen LogP contribution in [0.3, 0.4) is 0 Å². The molecule has 0 spiro atoms. The highest BCUT2D eigenvalue weighted by molar-refractivity contribution is 9.10. The predicted molar refractivity (Wildman–Crippen MR) is 93.5 cm³/mol. The molecule has 0 atom stereocenters. The zero-order valence-electron chi connectivity index (χ0n) is 13.6. The van der Waals surface area contributed by atoms with Crippen LogP contribution >= 0.6 is 15.9 Å². The summed E-state index contributed by atoms with van der Waals surface area (Å²) < 4.78 is 1.15. The van der Waals surface area contributed by atoms with Crippen molar-refractivity contribution < 1.29 is 0 Å². The number of nitrogens with one attached hydrogen (secondary N) is 1. The number of hydrogen-bond donors (Lipinski definition) is 1. The van der Waals surface area contributed by atoms with Gasteiger partial charge in [0.1, 0.15) is 0 Å². The second-order valence-electron chi connectivity index (χ2n) is 6.31. The molecule has 3 heteroatoms. The van der Waals surface area contributed by atoms with Crippen molar-refractivity contribution in [3.63, 3.8) is 0 Å². The van der Waals surface area contributed by atoms with Crippen LogP contribution in [-0.4, -0.2) is 18.6 Å². The molecule has 1 aromatic carbocycles. The molecule has 0 saturated heterocycles. The Morgan fingerprint density at radius 3 is 2.45 bits per heavy atom. The number of unbranched alkanes of at least 4 members (excludes halogenated alkanes) is 1. The van der Waals surface area contributed by atoms with Gasteiger partial charge in [0.25, 0.3) is 0 Å². The van der Waals surface area contributed by atoms with E-state index in [2.05, 4.69) is 79.0 Å². The quantitative estimate of drug-likeness (QED) is 0.754. The van der Waals surface area contributed by atoms with Crippen LogP contribution in [0.5, 0.6) is 0 Å². The van der Waals surface area contributed by atoms with E-state index in [1.807, 2.05) is 0 Å². The third-order valence-electron chi connectivity index (χ3n) is 3.35. The molecule has 0 unspecified atom stereocenters. The van der Waals surface area contributed by atoms with Gasteiger partial charge in [-0.25, -0.2) is 0 Å². The van der Waals surface area contributed by atoms with Gasteiger partial charge in [-0.3, -0.25) is 0 Å². The van der Waals surface area contributed by atoms with Crippen molar-refractivity contribution in [1.29, 1.82) is 0 Å². The van der Waals surface area contributed by atoms with Gasteiger partial charge >= 0.3 is 0 Å². The molecule has 0 amide bonds. The summed E-state index contributed by atoms with van der Waals surface area (Å²) >= 11 is 3.59. The summed E-state index contributed by atoms with van der Waals surface area (Å²) in [5.74, 6) is 0. The molecule has 1 N–H and O–H groups in total. The highest BCUT2D eigenvalue weighted by atomic mass is 79.9. The summed E-state index contributed by atoms with van der Waals surface area (Å²) in [6.07, 6.45) is 2.48. The minimum Gasteiger partial charge on any atom is -0.372 e. The van der Waals surface area contributed by atoms with Gasteiger partial charge in [0.05, 0.1) is 0 Å². The molecule has 0 fully saturated rings. The highest BCUT2D eigenvalue weighted by Gasteiger charge is 2.13. The van der Waals surface area contributed by atoms with E-state index in [1.54, 1.807) is 0 Å². The average molecular weight is 341 g/mol. The lowest BCUT2D eigenvalue weighted by atomic mass is 10.1. The van der Waals surface area contributed by atoms with Crippen molar-refractivity contribution in [1.82, 2.24) is 5.32 Å². The zero-order chi connectivity index (χ0) is 15.2. The van der Waals surface area contributed by atoms with Gasteiger partial charge in [-0.2, -0.15) is 0 Å². The molecule has 1 rings (SSSR count). The molecule has 0 bridgehead atoms. The fourth-order valence-corrected chi connectivity index (χ4v) is 2.57. The van der Waals surface area contributed by atoms with Crippen LogP contribution in [0, 0.1) is 0 Å². The van der Waals surface area contributed by atoms with Gasteiger partial charge in [-0.1, -0.05) is 29.3 Å². The van der Waals surface area contributed by atoms with Crippen molar-refractivity contribution >= 4 is 21.6 Å². The lowest BCUT2D eigenvalue weighted by Crippen LogP contribution is -2.36. The summed E-state index contributed by atoms with van der Waals surface area (Å²) in [6.45, 7) is 14.2. The van der Waals surface area contributed by atoms with Crippen LogP contribution in [-0.2, 0) is 6.54 Å². The van der Waals surface area contributed by atoms with E-state index >= 15 is 0 Å². The van der Waals surface area contributed by atoms with Crippen LogP contribution in [0.1, 0.15) is 53.0 Å². The smallest absolute Gasteiger partial charge is 0.0412 e. The average Bonchev–Trinajstić information content (AvgIpc) is 2.38. The Bertz CT molecular complexity index is 410. The largest absolute Gasteiger partial charge is 0.372 e. The first kappa shape index (κ1) is 17.5. The Kier molecular flexibility index (Phi) is 7.04. The van der Waals surface area contributed by atoms with E-state index in [-0.39, 0.29) is 5.54 Å². The van der Waals surface area contributed by atoms with E-state index in [9.17, 15) is 0 Å². The number of benzene rings is 1. The molecule has 20 heavy (non-hydrogen) atoms. The molecule has 0 radical (unpaired) electrons. The minimum atomic E-state index is 0.139. The standard InChI is InChI=1S/C17H29BrN2/c1-6-8-11-20(7-2)16-10-9-15(18)12-14(16)13-19-17(3,4)5/h9-10,12,19H,6-8,11,13H2,1-5H3. The zero-order valence-corrected chi connectivity index (χ0v) is 15.2. The summed E-state index contributed by atoms with van der Waals surface area (Å²) in [6, 6.07) is 6.62. The monoisotopic (exact) mass is 340 g/mol. The molecular formula is C17H29BrN2. The Balaban J connectivity index is 2.93. The van der Waals surface area contributed by atoms with Gasteiger partial charge in [-0.05, 0) is 57.9 Å². The first-order chi connectivity index (χ1) is 9.37. The number of nitrogens with zero attached hydrogens (tertiary/aromatic N) is 1. The lowest BCUT2D eigenvalue weighted by molar-refractivity contribution is 0.424. The van der Waals surface area contributed by atoms with Crippen LogP contribution in [0.2, 0.25) is 0 Å². The van der Waals surface area contributed by atoms with E-state index in [4.69, 9.17) is 0 Å². The van der Waals surface area contributed by atoms with Gasteiger partial charge in [0.15, 0.2) is 0 Å². The second kappa shape index (κ2) is 8.04. The summed E-state index contributed by atoms with van der Waals surface area (Å²) in [7, 11) is 0. The summed E-state index contributed by atoms with van der Waals surface area (Å²) in [4.78, 5) is 2.48. The van der Waals surface area contributed by atoms with E-state index in [1.165, 1.54) is 24.1 Å². The Morgan fingerprint density at radius 1 is 1.20 bits per heavy atom.